The van der Waals surface area contributed by atoms with Crippen molar-refractivity contribution >= 4 is 21.6 Å². The van der Waals surface area contributed by atoms with Gasteiger partial charge in [0.2, 0.25) is 15.9 Å². The number of carbonyl (C=O) groups is 1. The van der Waals surface area contributed by atoms with E-state index in [0.717, 1.165) is 30.5 Å². The van der Waals surface area contributed by atoms with Gasteiger partial charge in [0, 0.05) is 31.6 Å². The molecular weight excluding hydrogens is 394 g/mol. The number of non-ortho nitro benzene ring substituents is 1. The van der Waals surface area contributed by atoms with Gasteiger partial charge in [0.1, 0.15) is 0 Å². The van der Waals surface area contributed by atoms with Crippen LogP contribution in [0.4, 0.5) is 5.69 Å². The first-order chi connectivity index (χ1) is 13.8. The summed E-state index contributed by atoms with van der Waals surface area (Å²) in [4.78, 5) is 24.6. The average Bonchev–Trinajstić information content (AvgIpc) is 2.72. The Morgan fingerprint density at radius 1 is 1.21 bits per heavy atom. The zero-order chi connectivity index (χ0) is 21.0. The van der Waals surface area contributed by atoms with Crippen LogP contribution in [0.1, 0.15) is 36.9 Å². The van der Waals surface area contributed by atoms with Crippen molar-refractivity contribution in [1.82, 2.24) is 9.62 Å². The van der Waals surface area contributed by atoms with Gasteiger partial charge >= 0.3 is 0 Å². The molecule has 1 N–H and O–H groups in total. The molecule has 154 valence electrons. The number of nitrogens with one attached hydrogen (secondary N) is 1. The summed E-state index contributed by atoms with van der Waals surface area (Å²) in [6.07, 6.45) is 1.62. The van der Waals surface area contributed by atoms with E-state index in [1.165, 1.54) is 17.7 Å². The maximum Gasteiger partial charge on any atom is 0.269 e. The summed E-state index contributed by atoms with van der Waals surface area (Å²) >= 11 is 0. The summed E-state index contributed by atoms with van der Waals surface area (Å²) in [6, 6.07) is 12.7. The second-order valence-corrected chi connectivity index (χ2v) is 8.63. The van der Waals surface area contributed by atoms with Gasteiger partial charge in [-0.1, -0.05) is 31.2 Å². The molecule has 3 rings (SSSR count). The molecule has 0 aliphatic carbocycles. The number of rotatable bonds is 7. The zero-order valence-corrected chi connectivity index (χ0v) is 16.9. The highest BCUT2D eigenvalue weighted by atomic mass is 32.2. The molecule has 1 heterocycles. The molecule has 0 spiro atoms. The average molecular weight is 417 g/mol. The Hall–Kier alpha value is -2.78. The molecule has 2 aromatic carbocycles. The van der Waals surface area contributed by atoms with Crippen LogP contribution in [-0.2, 0) is 21.2 Å². The molecule has 0 radical (unpaired) electrons. The molecule has 8 nitrogen and oxygen atoms in total. The monoisotopic (exact) mass is 417 g/mol. The normalized spacial score (nSPS) is 16.3. The van der Waals surface area contributed by atoms with E-state index in [1.807, 2.05) is 30.0 Å². The predicted molar refractivity (Wildman–Crippen MR) is 108 cm³/mol. The van der Waals surface area contributed by atoms with E-state index in [0.29, 0.717) is 6.54 Å². The van der Waals surface area contributed by atoms with Crippen LogP contribution in [0, 0.1) is 10.1 Å². The van der Waals surface area contributed by atoms with Crippen molar-refractivity contribution in [2.24, 2.45) is 0 Å². The van der Waals surface area contributed by atoms with Gasteiger partial charge in [0.25, 0.3) is 5.69 Å². The number of fused-ring (bicyclic) bond motifs is 1. The number of nitrogens with zero attached hydrogens (tertiary/aromatic N) is 2. The first-order valence-corrected chi connectivity index (χ1v) is 10.9. The van der Waals surface area contributed by atoms with E-state index in [1.54, 1.807) is 0 Å². The second kappa shape index (κ2) is 8.71. The lowest BCUT2D eigenvalue weighted by Crippen LogP contribution is -2.41. The quantitative estimate of drug-likeness (QED) is 0.550. The fraction of sp³-hybridized carbons (Fsp3) is 0.350. The third kappa shape index (κ3) is 4.63. The Morgan fingerprint density at radius 3 is 2.55 bits per heavy atom. The van der Waals surface area contributed by atoms with Crippen LogP contribution in [0.2, 0.25) is 0 Å². The van der Waals surface area contributed by atoms with Gasteiger partial charge in [-0.05, 0) is 36.1 Å². The maximum absolute atomic E-state index is 12.7. The Kier molecular flexibility index (Phi) is 6.29. The largest absolute Gasteiger partial charge is 0.335 e. The predicted octanol–water partition coefficient (Wildman–Crippen LogP) is 2.80. The Bertz CT molecular complexity index is 1010. The van der Waals surface area contributed by atoms with Crippen molar-refractivity contribution in [3.8, 4) is 0 Å². The van der Waals surface area contributed by atoms with Gasteiger partial charge < -0.3 is 4.90 Å². The molecule has 1 aliphatic heterocycles. The molecule has 0 saturated carbocycles. The van der Waals surface area contributed by atoms with E-state index < -0.39 is 14.9 Å². The van der Waals surface area contributed by atoms with Gasteiger partial charge in [-0.3, -0.25) is 14.9 Å². The minimum Gasteiger partial charge on any atom is -0.335 e. The van der Waals surface area contributed by atoms with Crippen LogP contribution in [0.25, 0.3) is 0 Å². The highest BCUT2D eigenvalue weighted by Crippen LogP contribution is 2.32. The number of nitro benzene ring substituents is 1. The maximum atomic E-state index is 12.7. The fourth-order valence-electron chi connectivity index (χ4n) is 3.66. The number of amides is 1. The lowest BCUT2D eigenvalue weighted by molar-refractivity contribution is -0.384. The Labute approximate surface area is 169 Å². The van der Waals surface area contributed by atoms with Crippen molar-refractivity contribution < 1.29 is 18.1 Å². The van der Waals surface area contributed by atoms with Crippen LogP contribution in [0.5, 0.6) is 0 Å². The number of hydrogen-bond donors (Lipinski definition) is 1. The first kappa shape index (κ1) is 20.9. The van der Waals surface area contributed by atoms with Crippen LogP contribution < -0.4 is 4.72 Å². The summed E-state index contributed by atoms with van der Waals surface area (Å²) < 4.78 is 27.1. The lowest BCUT2D eigenvalue weighted by Gasteiger charge is -2.37. The second-order valence-electron chi connectivity index (χ2n) is 6.86. The fourth-order valence-corrected chi connectivity index (χ4v) is 4.69. The Balaban J connectivity index is 1.61. The van der Waals surface area contributed by atoms with Gasteiger partial charge in [0.05, 0.1) is 15.9 Å². The third-order valence-corrected chi connectivity index (χ3v) is 6.59. The highest BCUT2D eigenvalue weighted by Gasteiger charge is 2.29. The standard InChI is InChI=1S/C20H23N3O5S/c1-2-19-18-6-4-3-5-15(18)12-14-22(19)20(24)11-13-21-29(27,28)17-9-7-16(8-10-17)23(25)26/h3-10,19,21H,2,11-14H2,1H3. The van der Waals surface area contributed by atoms with Gasteiger partial charge in [0.15, 0.2) is 0 Å². The highest BCUT2D eigenvalue weighted by molar-refractivity contribution is 7.89. The number of nitro groups is 1. The molecular formula is C20H23N3O5S. The molecule has 1 amide bonds. The molecule has 0 fully saturated rings. The van der Waals surface area contributed by atoms with Crippen molar-refractivity contribution in [2.45, 2.75) is 37.1 Å². The summed E-state index contributed by atoms with van der Waals surface area (Å²) in [5.74, 6) is -0.0993. The van der Waals surface area contributed by atoms with Crippen LogP contribution in [0.3, 0.4) is 0 Å². The van der Waals surface area contributed by atoms with Crippen LogP contribution in [0.15, 0.2) is 53.4 Å². The first-order valence-electron chi connectivity index (χ1n) is 9.45. The topological polar surface area (TPSA) is 110 Å². The number of carbonyl (C=O) groups excluding carboxylic acids is 1. The minimum atomic E-state index is -3.84. The van der Waals surface area contributed by atoms with Crippen molar-refractivity contribution in [2.75, 3.05) is 13.1 Å². The molecule has 1 aliphatic rings. The van der Waals surface area contributed by atoms with E-state index >= 15 is 0 Å². The number of benzene rings is 2. The van der Waals surface area contributed by atoms with Gasteiger partial charge in [-0.25, -0.2) is 13.1 Å². The van der Waals surface area contributed by atoms with Crippen molar-refractivity contribution in [3.63, 3.8) is 0 Å². The van der Waals surface area contributed by atoms with Gasteiger partial charge in [-0.2, -0.15) is 0 Å². The van der Waals surface area contributed by atoms with Crippen molar-refractivity contribution in [3.05, 3.63) is 69.8 Å². The third-order valence-electron chi connectivity index (χ3n) is 5.11. The van der Waals surface area contributed by atoms with E-state index in [9.17, 15) is 23.3 Å². The Morgan fingerprint density at radius 2 is 1.90 bits per heavy atom. The molecule has 0 aromatic heterocycles. The van der Waals surface area contributed by atoms with Crippen LogP contribution >= 0.6 is 0 Å². The molecule has 1 unspecified atom stereocenters. The minimum absolute atomic E-state index is 0.00118. The SMILES string of the molecule is CCC1c2ccccc2CCN1C(=O)CCNS(=O)(=O)c1ccc([N+](=O)[O-])cc1. The van der Waals surface area contributed by atoms with Crippen molar-refractivity contribution in [1.29, 1.82) is 0 Å². The number of sulfonamides is 1. The molecule has 0 bridgehead atoms. The van der Waals surface area contributed by atoms with E-state index in [2.05, 4.69) is 10.8 Å². The zero-order valence-electron chi connectivity index (χ0n) is 16.1. The molecule has 0 saturated heterocycles. The molecule has 29 heavy (non-hydrogen) atoms. The molecule has 9 heteroatoms. The summed E-state index contributed by atoms with van der Waals surface area (Å²) in [5, 5.41) is 10.7. The number of hydrogen-bond acceptors (Lipinski definition) is 5. The van der Waals surface area contributed by atoms with Gasteiger partial charge in [-0.15, -0.1) is 0 Å². The lowest BCUT2D eigenvalue weighted by atomic mass is 9.91. The molecule has 2 aromatic rings. The van der Waals surface area contributed by atoms with Crippen LogP contribution in [-0.4, -0.2) is 37.2 Å². The summed E-state index contributed by atoms with van der Waals surface area (Å²) in [5.41, 5.74) is 2.22. The summed E-state index contributed by atoms with van der Waals surface area (Å²) in [7, 11) is -3.84. The molecule has 1 atom stereocenters. The summed E-state index contributed by atoms with van der Waals surface area (Å²) in [6.45, 7) is 2.61. The van der Waals surface area contributed by atoms with E-state index in [-0.39, 0.29) is 35.5 Å². The smallest absolute Gasteiger partial charge is 0.269 e. The van der Waals surface area contributed by atoms with E-state index in [4.69, 9.17) is 0 Å².